The van der Waals surface area contributed by atoms with Gasteiger partial charge in [0.1, 0.15) is 6.29 Å². The van der Waals surface area contributed by atoms with Gasteiger partial charge >= 0.3 is 0 Å². The van der Waals surface area contributed by atoms with Crippen molar-refractivity contribution >= 4 is 24.8 Å². The second-order valence-electron chi connectivity index (χ2n) is 4.64. The van der Waals surface area contributed by atoms with Gasteiger partial charge in [-0.2, -0.15) is 0 Å². The number of carbonyl (C=O) groups excluding carboxylic acids is 1. The molecule has 0 amide bonds. The molecule has 1 aliphatic carbocycles. The lowest BCUT2D eigenvalue weighted by atomic mass is 10.3. The third kappa shape index (κ3) is 2.50. The summed E-state index contributed by atoms with van der Waals surface area (Å²) in [7, 11) is -0.636. The van der Waals surface area contributed by atoms with Gasteiger partial charge in [0.2, 0.25) is 0 Å². The minimum Gasteiger partial charge on any atom is -0.298 e. The third-order valence-corrected chi connectivity index (χ3v) is 5.90. The molecular formula is C18H15OP. The predicted molar refractivity (Wildman–Crippen MR) is 85.9 cm³/mol. The van der Waals surface area contributed by atoms with Gasteiger partial charge in [0.15, 0.2) is 0 Å². The summed E-state index contributed by atoms with van der Waals surface area (Å²) in [6.07, 6.45) is 5.98. The summed E-state index contributed by atoms with van der Waals surface area (Å²) < 4.78 is 0. The summed E-state index contributed by atoms with van der Waals surface area (Å²) in [6.45, 7) is 0. The van der Waals surface area contributed by atoms with Crippen LogP contribution in [0.25, 0.3) is 0 Å². The van der Waals surface area contributed by atoms with E-state index in [-0.39, 0.29) is 0 Å². The Hall–Kier alpha value is -1.98. The zero-order valence-electron chi connectivity index (χ0n) is 11.1. The smallest absolute Gasteiger partial charge is 0.146 e. The first-order chi connectivity index (χ1) is 9.90. The van der Waals surface area contributed by atoms with Crippen molar-refractivity contribution in [2.45, 2.75) is 6.42 Å². The molecule has 3 rings (SSSR count). The fraction of sp³-hybridized carbons (Fsp3) is 0.0556. The van der Waals surface area contributed by atoms with Crippen LogP contribution in [0.3, 0.4) is 0 Å². The largest absolute Gasteiger partial charge is 0.298 e. The molecule has 0 fully saturated rings. The molecular weight excluding hydrogens is 263 g/mol. The van der Waals surface area contributed by atoms with Crippen molar-refractivity contribution in [2.24, 2.45) is 0 Å². The van der Waals surface area contributed by atoms with E-state index in [0.717, 1.165) is 18.3 Å². The molecule has 20 heavy (non-hydrogen) atoms. The number of benzene rings is 2. The molecule has 0 aromatic heterocycles. The van der Waals surface area contributed by atoms with Crippen LogP contribution in [0.2, 0.25) is 0 Å². The highest BCUT2D eigenvalue weighted by atomic mass is 31.1. The number of aldehydes is 1. The second kappa shape index (κ2) is 5.98. The fourth-order valence-corrected chi connectivity index (χ4v) is 4.90. The van der Waals surface area contributed by atoms with Gasteiger partial charge in [-0.05, 0) is 30.3 Å². The van der Waals surface area contributed by atoms with Crippen LogP contribution < -0.4 is 10.6 Å². The molecule has 0 aliphatic heterocycles. The van der Waals surface area contributed by atoms with E-state index in [0.29, 0.717) is 0 Å². The minimum absolute atomic E-state index is 0.636. The van der Waals surface area contributed by atoms with Gasteiger partial charge in [0.25, 0.3) is 0 Å². The van der Waals surface area contributed by atoms with Crippen molar-refractivity contribution in [3.8, 4) is 0 Å². The Morgan fingerprint density at radius 1 is 0.850 bits per heavy atom. The summed E-state index contributed by atoms with van der Waals surface area (Å²) in [6, 6.07) is 20.9. The maximum atomic E-state index is 11.3. The van der Waals surface area contributed by atoms with E-state index in [1.54, 1.807) is 0 Å². The average Bonchev–Trinajstić information content (AvgIpc) is 2.98. The highest BCUT2D eigenvalue weighted by Gasteiger charge is 2.21. The molecule has 98 valence electrons. The second-order valence-corrected chi connectivity index (χ2v) is 6.83. The minimum atomic E-state index is -0.636. The van der Waals surface area contributed by atoms with E-state index in [9.17, 15) is 4.79 Å². The van der Waals surface area contributed by atoms with Gasteiger partial charge in [-0.1, -0.05) is 72.8 Å². The molecule has 2 heteroatoms. The Kier molecular flexibility index (Phi) is 3.90. The normalized spacial score (nSPS) is 14.1. The van der Waals surface area contributed by atoms with Crippen molar-refractivity contribution in [1.82, 2.24) is 0 Å². The van der Waals surface area contributed by atoms with E-state index in [1.165, 1.54) is 15.9 Å². The van der Waals surface area contributed by atoms with Gasteiger partial charge in [-0.25, -0.2) is 0 Å². The molecule has 2 aromatic rings. The van der Waals surface area contributed by atoms with Crippen molar-refractivity contribution in [3.63, 3.8) is 0 Å². The molecule has 0 spiro atoms. The molecule has 0 unspecified atom stereocenters. The monoisotopic (exact) mass is 278 g/mol. The molecule has 0 atom stereocenters. The Morgan fingerprint density at radius 3 is 1.90 bits per heavy atom. The van der Waals surface area contributed by atoms with E-state index in [4.69, 9.17) is 0 Å². The number of rotatable bonds is 4. The summed E-state index contributed by atoms with van der Waals surface area (Å²) >= 11 is 0. The highest BCUT2D eigenvalue weighted by molar-refractivity contribution is 7.77. The van der Waals surface area contributed by atoms with Crippen LogP contribution in [0.1, 0.15) is 6.42 Å². The van der Waals surface area contributed by atoms with Gasteiger partial charge in [0.05, 0.1) is 0 Å². The molecule has 0 N–H and O–H groups in total. The summed E-state index contributed by atoms with van der Waals surface area (Å²) in [4.78, 5) is 11.3. The first kappa shape index (κ1) is 13.0. The molecule has 0 saturated heterocycles. The van der Waals surface area contributed by atoms with E-state index in [1.807, 2.05) is 12.1 Å². The van der Waals surface area contributed by atoms with Crippen LogP contribution in [0, 0.1) is 0 Å². The molecule has 0 radical (unpaired) electrons. The zero-order valence-corrected chi connectivity index (χ0v) is 12.0. The van der Waals surface area contributed by atoms with Gasteiger partial charge in [-0.3, -0.25) is 4.79 Å². The summed E-state index contributed by atoms with van der Waals surface area (Å²) in [5.74, 6) is 0. The van der Waals surface area contributed by atoms with Crippen LogP contribution in [0.15, 0.2) is 83.7 Å². The molecule has 0 saturated carbocycles. The standard InChI is InChI=1S/C18H15OP/c19-14-15-8-7-13-18(15)20(16-9-3-1-4-10-16)17-11-5-2-6-12-17/h1-7,9-14H,8H2. The van der Waals surface area contributed by atoms with Crippen molar-refractivity contribution < 1.29 is 4.79 Å². The first-order valence-electron chi connectivity index (χ1n) is 6.65. The van der Waals surface area contributed by atoms with E-state index in [2.05, 4.69) is 60.7 Å². The molecule has 2 aromatic carbocycles. The molecule has 1 nitrogen and oxygen atoms in total. The first-order valence-corrected chi connectivity index (χ1v) is 7.99. The van der Waals surface area contributed by atoms with Gasteiger partial charge in [0, 0.05) is 5.57 Å². The van der Waals surface area contributed by atoms with Crippen molar-refractivity contribution in [3.05, 3.63) is 83.7 Å². The SMILES string of the molecule is O=CC1=C(P(c2ccccc2)c2ccccc2)C=CC1. The fourth-order valence-electron chi connectivity index (χ4n) is 2.42. The molecule has 1 aliphatic rings. The van der Waals surface area contributed by atoms with Crippen LogP contribution in [0.4, 0.5) is 0 Å². The molecule has 0 heterocycles. The summed E-state index contributed by atoms with van der Waals surface area (Å²) in [5, 5.41) is 3.76. The van der Waals surface area contributed by atoms with Gasteiger partial charge in [-0.15, -0.1) is 0 Å². The van der Waals surface area contributed by atoms with Crippen LogP contribution >= 0.6 is 7.92 Å². The Balaban J connectivity index is 2.15. The van der Waals surface area contributed by atoms with E-state index >= 15 is 0 Å². The lowest BCUT2D eigenvalue weighted by Gasteiger charge is -2.20. The van der Waals surface area contributed by atoms with Gasteiger partial charge < -0.3 is 0 Å². The number of carbonyl (C=O) groups is 1. The topological polar surface area (TPSA) is 17.1 Å². The number of hydrogen-bond acceptors (Lipinski definition) is 1. The lowest BCUT2D eigenvalue weighted by Crippen LogP contribution is -2.12. The Morgan fingerprint density at radius 2 is 1.40 bits per heavy atom. The Bertz CT molecular complexity index is 617. The highest BCUT2D eigenvalue weighted by Crippen LogP contribution is 2.47. The third-order valence-electron chi connectivity index (χ3n) is 3.35. The maximum absolute atomic E-state index is 11.3. The van der Waals surface area contributed by atoms with Crippen molar-refractivity contribution in [1.29, 1.82) is 0 Å². The number of allylic oxidation sites excluding steroid dienone is 4. The van der Waals surface area contributed by atoms with Crippen LogP contribution in [-0.2, 0) is 4.79 Å². The van der Waals surface area contributed by atoms with Crippen LogP contribution in [-0.4, -0.2) is 6.29 Å². The van der Waals surface area contributed by atoms with E-state index < -0.39 is 7.92 Å². The average molecular weight is 278 g/mol. The number of hydrogen-bond donors (Lipinski definition) is 0. The molecule has 0 bridgehead atoms. The lowest BCUT2D eigenvalue weighted by molar-refractivity contribution is -0.104. The zero-order chi connectivity index (χ0) is 13.8. The summed E-state index contributed by atoms with van der Waals surface area (Å²) in [5.41, 5.74) is 0.920. The Labute approximate surface area is 120 Å². The predicted octanol–water partition coefficient (Wildman–Crippen LogP) is 3.53. The quantitative estimate of drug-likeness (QED) is 0.617. The van der Waals surface area contributed by atoms with Crippen molar-refractivity contribution in [2.75, 3.05) is 0 Å². The van der Waals surface area contributed by atoms with Crippen LogP contribution in [0.5, 0.6) is 0 Å². The maximum Gasteiger partial charge on any atom is 0.146 e.